The van der Waals surface area contributed by atoms with Crippen LogP contribution in [0.3, 0.4) is 0 Å². The molecule has 8 heteroatoms. The maximum absolute atomic E-state index is 13.0. The summed E-state index contributed by atoms with van der Waals surface area (Å²) in [5.74, 6) is -0.0799. The first-order valence-electron chi connectivity index (χ1n) is 10.7. The van der Waals surface area contributed by atoms with Crippen molar-refractivity contribution in [2.75, 3.05) is 45.8 Å². The van der Waals surface area contributed by atoms with E-state index in [1.165, 1.54) is 4.68 Å². The van der Waals surface area contributed by atoms with Crippen LogP contribution in [0.4, 0.5) is 0 Å². The third-order valence-corrected chi connectivity index (χ3v) is 6.21. The number of para-hydroxylation sites is 1. The van der Waals surface area contributed by atoms with Gasteiger partial charge in [-0.05, 0) is 19.5 Å². The van der Waals surface area contributed by atoms with E-state index in [-0.39, 0.29) is 11.5 Å². The fraction of sp³-hybridized carbons (Fsp3) is 0.500. The second-order valence-electron chi connectivity index (χ2n) is 7.97. The van der Waals surface area contributed by atoms with E-state index in [2.05, 4.69) is 27.1 Å². The van der Waals surface area contributed by atoms with Crippen LogP contribution in [0.1, 0.15) is 19.9 Å². The highest BCUT2D eigenvalue weighted by molar-refractivity contribution is 6.08. The molecule has 0 spiro atoms. The van der Waals surface area contributed by atoms with Gasteiger partial charge in [-0.1, -0.05) is 25.1 Å². The number of benzene rings is 1. The largest absolute Gasteiger partial charge is 0.353 e. The van der Waals surface area contributed by atoms with E-state index >= 15 is 0 Å². The first-order valence-corrected chi connectivity index (χ1v) is 10.7. The first-order chi connectivity index (χ1) is 14.5. The SMILES string of the molecule is CCN1CCN(CCNC(=O)[C@@H](C)n2c3ccccc3c3cnn(C)c(=O)c32)CC1. The highest BCUT2D eigenvalue weighted by atomic mass is 16.2. The Morgan fingerprint density at radius 3 is 2.57 bits per heavy atom. The highest BCUT2D eigenvalue weighted by Gasteiger charge is 2.23. The molecule has 1 aromatic carbocycles. The van der Waals surface area contributed by atoms with Crippen molar-refractivity contribution in [3.63, 3.8) is 0 Å². The summed E-state index contributed by atoms with van der Waals surface area (Å²) in [4.78, 5) is 30.7. The fourth-order valence-corrected chi connectivity index (χ4v) is 4.32. The van der Waals surface area contributed by atoms with Crippen LogP contribution >= 0.6 is 0 Å². The minimum Gasteiger partial charge on any atom is -0.353 e. The second-order valence-corrected chi connectivity index (χ2v) is 7.97. The van der Waals surface area contributed by atoms with Gasteiger partial charge in [0, 0.05) is 57.1 Å². The van der Waals surface area contributed by atoms with Crippen molar-refractivity contribution in [1.82, 2.24) is 29.5 Å². The molecular formula is C22H30N6O2. The number of hydrogen-bond donors (Lipinski definition) is 1. The summed E-state index contributed by atoms with van der Waals surface area (Å²) in [6.07, 6.45) is 1.70. The average molecular weight is 411 g/mol. The van der Waals surface area contributed by atoms with Crippen molar-refractivity contribution in [1.29, 1.82) is 0 Å². The first kappa shape index (κ1) is 20.6. The number of carbonyl (C=O) groups is 1. The van der Waals surface area contributed by atoms with Gasteiger partial charge >= 0.3 is 0 Å². The van der Waals surface area contributed by atoms with Crippen LogP contribution in [-0.2, 0) is 11.8 Å². The van der Waals surface area contributed by atoms with Crippen molar-refractivity contribution >= 4 is 27.7 Å². The lowest BCUT2D eigenvalue weighted by Crippen LogP contribution is -2.48. The molecule has 1 fully saturated rings. The molecule has 0 unspecified atom stereocenters. The van der Waals surface area contributed by atoms with Gasteiger partial charge in [-0.2, -0.15) is 5.10 Å². The molecule has 0 saturated carbocycles. The molecule has 0 radical (unpaired) electrons. The normalized spacial score (nSPS) is 16.9. The molecule has 1 saturated heterocycles. The maximum Gasteiger partial charge on any atom is 0.291 e. The van der Waals surface area contributed by atoms with Gasteiger partial charge in [-0.15, -0.1) is 0 Å². The predicted octanol–water partition coefficient (Wildman–Crippen LogP) is 1.20. The summed E-state index contributed by atoms with van der Waals surface area (Å²) in [5, 5.41) is 8.95. The molecule has 3 heterocycles. The van der Waals surface area contributed by atoms with E-state index in [1.54, 1.807) is 13.2 Å². The third kappa shape index (κ3) is 3.73. The summed E-state index contributed by atoms with van der Waals surface area (Å²) in [5.41, 5.74) is 1.19. The molecule has 1 N–H and O–H groups in total. The zero-order valence-corrected chi connectivity index (χ0v) is 18.0. The molecule has 1 amide bonds. The van der Waals surface area contributed by atoms with Gasteiger partial charge < -0.3 is 14.8 Å². The maximum atomic E-state index is 13.0. The number of aromatic nitrogens is 3. The van der Waals surface area contributed by atoms with Crippen LogP contribution in [0.2, 0.25) is 0 Å². The van der Waals surface area contributed by atoms with E-state index in [0.717, 1.165) is 55.6 Å². The number of nitrogens with one attached hydrogen (secondary N) is 1. The van der Waals surface area contributed by atoms with Gasteiger partial charge in [0.2, 0.25) is 5.91 Å². The van der Waals surface area contributed by atoms with Crippen LogP contribution in [0.15, 0.2) is 35.3 Å². The second kappa shape index (κ2) is 8.57. The lowest BCUT2D eigenvalue weighted by atomic mass is 10.2. The fourth-order valence-electron chi connectivity index (χ4n) is 4.32. The van der Waals surface area contributed by atoms with Gasteiger partial charge in [0.1, 0.15) is 11.6 Å². The van der Waals surface area contributed by atoms with E-state index in [9.17, 15) is 9.59 Å². The van der Waals surface area contributed by atoms with Crippen LogP contribution in [0.5, 0.6) is 0 Å². The molecule has 1 aliphatic rings. The summed E-state index contributed by atoms with van der Waals surface area (Å²) < 4.78 is 3.17. The van der Waals surface area contributed by atoms with E-state index in [1.807, 2.05) is 35.8 Å². The molecule has 30 heavy (non-hydrogen) atoms. The number of piperazine rings is 1. The molecule has 4 rings (SSSR count). The Kier molecular flexibility index (Phi) is 5.87. The summed E-state index contributed by atoms with van der Waals surface area (Å²) >= 11 is 0. The summed E-state index contributed by atoms with van der Waals surface area (Å²) in [6.45, 7) is 10.8. The van der Waals surface area contributed by atoms with E-state index in [0.29, 0.717) is 12.1 Å². The average Bonchev–Trinajstić information content (AvgIpc) is 3.11. The predicted molar refractivity (Wildman–Crippen MR) is 119 cm³/mol. The van der Waals surface area contributed by atoms with Crippen LogP contribution in [-0.4, -0.2) is 75.9 Å². The zero-order valence-electron chi connectivity index (χ0n) is 18.0. The number of hydrogen-bond acceptors (Lipinski definition) is 5. The molecule has 0 bridgehead atoms. The van der Waals surface area contributed by atoms with Gasteiger partial charge in [0.05, 0.1) is 11.7 Å². The van der Waals surface area contributed by atoms with Gasteiger partial charge in [-0.3, -0.25) is 14.5 Å². The number of nitrogens with zero attached hydrogens (tertiary/aromatic N) is 5. The molecule has 160 valence electrons. The smallest absolute Gasteiger partial charge is 0.291 e. The third-order valence-electron chi connectivity index (χ3n) is 6.21. The minimum absolute atomic E-state index is 0.0799. The van der Waals surface area contributed by atoms with Crippen molar-refractivity contribution in [2.45, 2.75) is 19.9 Å². The Morgan fingerprint density at radius 1 is 1.13 bits per heavy atom. The molecule has 1 aliphatic heterocycles. The monoisotopic (exact) mass is 410 g/mol. The molecule has 2 aromatic heterocycles. The zero-order chi connectivity index (χ0) is 21.3. The number of rotatable bonds is 6. The Hall–Kier alpha value is -2.71. The van der Waals surface area contributed by atoms with E-state index in [4.69, 9.17) is 0 Å². The highest BCUT2D eigenvalue weighted by Crippen LogP contribution is 2.29. The van der Waals surface area contributed by atoms with Crippen LogP contribution < -0.4 is 10.9 Å². The Labute approximate surface area is 176 Å². The number of fused-ring (bicyclic) bond motifs is 3. The summed E-state index contributed by atoms with van der Waals surface area (Å²) in [7, 11) is 1.63. The number of carbonyl (C=O) groups excluding carboxylic acids is 1. The van der Waals surface area contributed by atoms with Crippen molar-refractivity contribution < 1.29 is 4.79 Å². The van der Waals surface area contributed by atoms with Crippen molar-refractivity contribution in [3.8, 4) is 0 Å². The lowest BCUT2D eigenvalue weighted by Gasteiger charge is -2.34. The number of amides is 1. The molecule has 8 nitrogen and oxygen atoms in total. The molecule has 1 atom stereocenters. The lowest BCUT2D eigenvalue weighted by molar-refractivity contribution is -0.123. The van der Waals surface area contributed by atoms with Crippen LogP contribution in [0.25, 0.3) is 21.8 Å². The molecular weight excluding hydrogens is 380 g/mol. The Bertz CT molecular complexity index is 1110. The number of aryl methyl sites for hydroxylation is 1. The standard InChI is InChI=1S/C22H30N6O2/c1-4-26-11-13-27(14-12-26)10-9-23-21(29)16(2)28-19-8-6-5-7-17(19)18-15-24-25(3)22(30)20(18)28/h5-8,15-16H,4,9-14H2,1-3H3,(H,23,29)/t16-/m1/s1. The van der Waals surface area contributed by atoms with Gasteiger partial charge in [-0.25, -0.2) is 4.68 Å². The van der Waals surface area contributed by atoms with Crippen LogP contribution in [0, 0.1) is 0 Å². The Morgan fingerprint density at radius 2 is 1.83 bits per heavy atom. The summed E-state index contributed by atoms with van der Waals surface area (Å²) in [6, 6.07) is 7.28. The van der Waals surface area contributed by atoms with Crippen molar-refractivity contribution in [2.24, 2.45) is 7.05 Å². The molecule has 3 aromatic rings. The van der Waals surface area contributed by atoms with E-state index < -0.39 is 6.04 Å². The van der Waals surface area contributed by atoms with Gasteiger partial charge in [0.25, 0.3) is 5.56 Å². The molecule has 0 aliphatic carbocycles. The van der Waals surface area contributed by atoms with Gasteiger partial charge in [0.15, 0.2) is 0 Å². The number of likely N-dealkylation sites (N-methyl/N-ethyl adjacent to an activating group) is 1. The Balaban J connectivity index is 1.52. The topological polar surface area (TPSA) is 75.4 Å². The minimum atomic E-state index is -0.501. The van der Waals surface area contributed by atoms with Crippen molar-refractivity contribution in [3.05, 3.63) is 40.8 Å². The quantitative estimate of drug-likeness (QED) is 0.661.